The molecule has 122 valence electrons. The van der Waals surface area contributed by atoms with Crippen molar-refractivity contribution >= 4 is 12.3 Å². The summed E-state index contributed by atoms with van der Waals surface area (Å²) >= 11 is 0. The highest BCUT2D eigenvalue weighted by molar-refractivity contribution is 5.76. The number of carbonyl (C=O) groups excluding carboxylic acids is 1. The molecule has 0 aliphatic rings. The molecule has 1 amide bonds. The average molecular weight is 298 g/mol. The van der Waals surface area contributed by atoms with Gasteiger partial charge in [-0.05, 0) is 33.6 Å². The Morgan fingerprint density at radius 3 is 2.57 bits per heavy atom. The van der Waals surface area contributed by atoms with Crippen LogP contribution in [-0.2, 0) is 4.74 Å². The lowest BCUT2D eigenvalue weighted by Crippen LogP contribution is -2.36. The first kappa shape index (κ1) is 19.3. The molecule has 21 heavy (non-hydrogen) atoms. The standard InChI is InChI=1S/C15H30N4O2/c1-6-7-13(19-11-12(16)10-17-5)8-9-18-14(20)21-15(2,3)4/h10-11,13,19H,6-9,16H2,1-5H3,(H,18,20)/b12-11+,17-10?. The van der Waals surface area contributed by atoms with Crippen molar-refractivity contribution in [1.29, 1.82) is 0 Å². The summed E-state index contributed by atoms with van der Waals surface area (Å²) in [5.41, 5.74) is 5.85. The van der Waals surface area contributed by atoms with Crippen LogP contribution in [0.3, 0.4) is 0 Å². The van der Waals surface area contributed by atoms with Crippen molar-refractivity contribution in [2.45, 2.75) is 58.6 Å². The van der Waals surface area contributed by atoms with Gasteiger partial charge in [-0.25, -0.2) is 4.79 Å². The molecular weight excluding hydrogens is 268 g/mol. The van der Waals surface area contributed by atoms with E-state index in [1.54, 1.807) is 19.5 Å². The number of rotatable bonds is 8. The summed E-state index contributed by atoms with van der Waals surface area (Å²) < 4.78 is 5.19. The van der Waals surface area contributed by atoms with Crippen molar-refractivity contribution in [3.8, 4) is 0 Å². The maximum absolute atomic E-state index is 11.5. The molecule has 4 N–H and O–H groups in total. The molecule has 0 aliphatic heterocycles. The zero-order valence-electron chi connectivity index (χ0n) is 13.9. The van der Waals surface area contributed by atoms with Crippen LogP contribution in [0.1, 0.15) is 47.0 Å². The first-order valence-corrected chi connectivity index (χ1v) is 7.39. The van der Waals surface area contributed by atoms with Crippen molar-refractivity contribution < 1.29 is 9.53 Å². The molecule has 6 nitrogen and oxygen atoms in total. The first-order valence-electron chi connectivity index (χ1n) is 7.39. The van der Waals surface area contributed by atoms with E-state index < -0.39 is 5.60 Å². The van der Waals surface area contributed by atoms with Crippen LogP contribution in [0.15, 0.2) is 16.9 Å². The Bertz CT molecular complexity index is 359. The Labute approximate surface area is 128 Å². The zero-order chi connectivity index (χ0) is 16.3. The highest BCUT2D eigenvalue weighted by Crippen LogP contribution is 2.07. The number of hydrogen-bond acceptors (Lipinski definition) is 5. The molecule has 1 atom stereocenters. The number of amides is 1. The number of carbonyl (C=O) groups is 1. The van der Waals surface area contributed by atoms with Crippen LogP contribution in [0, 0.1) is 0 Å². The van der Waals surface area contributed by atoms with Gasteiger partial charge in [-0.2, -0.15) is 0 Å². The zero-order valence-corrected chi connectivity index (χ0v) is 13.9. The maximum atomic E-state index is 11.5. The number of ether oxygens (including phenoxy) is 1. The van der Waals surface area contributed by atoms with E-state index in [1.807, 2.05) is 20.8 Å². The molecule has 6 heteroatoms. The van der Waals surface area contributed by atoms with E-state index in [4.69, 9.17) is 10.5 Å². The fourth-order valence-corrected chi connectivity index (χ4v) is 1.72. The van der Waals surface area contributed by atoms with E-state index in [-0.39, 0.29) is 12.1 Å². The van der Waals surface area contributed by atoms with E-state index >= 15 is 0 Å². The Morgan fingerprint density at radius 2 is 2.05 bits per heavy atom. The second-order valence-electron chi connectivity index (χ2n) is 5.90. The number of aliphatic imine (C=N–C) groups is 1. The summed E-state index contributed by atoms with van der Waals surface area (Å²) in [5, 5.41) is 6.02. The highest BCUT2D eigenvalue weighted by atomic mass is 16.6. The summed E-state index contributed by atoms with van der Waals surface area (Å²) in [7, 11) is 1.68. The predicted octanol–water partition coefficient (Wildman–Crippen LogP) is 2.16. The molecule has 0 aromatic heterocycles. The van der Waals surface area contributed by atoms with Crippen LogP contribution in [-0.4, -0.2) is 37.5 Å². The highest BCUT2D eigenvalue weighted by Gasteiger charge is 2.16. The van der Waals surface area contributed by atoms with Gasteiger partial charge in [0.05, 0.1) is 5.70 Å². The third-order valence-corrected chi connectivity index (χ3v) is 2.56. The molecule has 0 fully saturated rings. The lowest BCUT2D eigenvalue weighted by atomic mass is 10.1. The molecule has 0 rings (SSSR count). The minimum atomic E-state index is -0.470. The van der Waals surface area contributed by atoms with Crippen LogP contribution in [0.2, 0.25) is 0 Å². The summed E-state index contributed by atoms with van der Waals surface area (Å²) in [6.07, 6.45) is 5.82. The monoisotopic (exact) mass is 298 g/mol. The molecule has 0 aromatic carbocycles. The smallest absolute Gasteiger partial charge is 0.407 e. The van der Waals surface area contributed by atoms with E-state index in [9.17, 15) is 4.79 Å². The first-order chi connectivity index (χ1) is 9.78. The van der Waals surface area contributed by atoms with Gasteiger partial charge in [-0.3, -0.25) is 4.99 Å². The van der Waals surface area contributed by atoms with Crippen LogP contribution in [0.5, 0.6) is 0 Å². The van der Waals surface area contributed by atoms with Crippen LogP contribution in [0.25, 0.3) is 0 Å². The molecule has 0 bridgehead atoms. The summed E-state index contributed by atoms with van der Waals surface area (Å²) in [6, 6.07) is 0.258. The van der Waals surface area contributed by atoms with Crippen LogP contribution < -0.4 is 16.4 Å². The maximum Gasteiger partial charge on any atom is 0.407 e. The molecule has 0 heterocycles. The topological polar surface area (TPSA) is 88.7 Å². The predicted molar refractivity (Wildman–Crippen MR) is 87.4 cm³/mol. The number of allylic oxidation sites excluding steroid dienone is 1. The molecule has 1 unspecified atom stereocenters. The van der Waals surface area contributed by atoms with Gasteiger partial charge >= 0.3 is 6.09 Å². The molecule has 0 aromatic rings. The van der Waals surface area contributed by atoms with E-state index in [0.29, 0.717) is 12.2 Å². The van der Waals surface area contributed by atoms with Gasteiger partial charge in [0.15, 0.2) is 0 Å². The van der Waals surface area contributed by atoms with Gasteiger partial charge in [0.25, 0.3) is 0 Å². The van der Waals surface area contributed by atoms with Gasteiger partial charge < -0.3 is 21.1 Å². The normalized spacial score (nSPS) is 14.0. The second-order valence-corrected chi connectivity index (χ2v) is 5.90. The Hall–Kier alpha value is -1.72. The minimum absolute atomic E-state index is 0.258. The molecule has 0 saturated heterocycles. The Morgan fingerprint density at radius 1 is 1.38 bits per heavy atom. The molecule has 0 aliphatic carbocycles. The molecule has 0 saturated carbocycles. The van der Waals surface area contributed by atoms with Crippen molar-refractivity contribution in [1.82, 2.24) is 10.6 Å². The second kappa shape index (κ2) is 10.1. The lowest BCUT2D eigenvalue weighted by molar-refractivity contribution is 0.0526. The largest absolute Gasteiger partial charge is 0.444 e. The van der Waals surface area contributed by atoms with Gasteiger partial charge in [-0.15, -0.1) is 0 Å². The number of hydrogen-bond donors (Lipinski definition) is 3. The van der Waals surface area contributed by atoms with Crippen molar-refractivity contribution in [3.05, 3.63) is 11.9 Å². The Kier molecular flexibility index (Phi) is 9.25. The fraction of sp³-hybridized carbons (Fsp3) is 0.733. The fourth-order valence-electron chi connectivity index (χ4n) is 1.72. The quantitative estimate of drug-likeness (QED) is 0.599. The Balaban J connectivity index is 4.16. The minimum Gasteiger partial charge on any atom is -0.444 e. The SMILES string of the molecule is CCCC(CCNC(=O)OC(C)(C)C)N/C=C(/N)C=NC. The van der Waals surface area contributed by atoms with Crippen LogP contribution in [0.4, 0.5) is 4.79 Å². The van der Waals surface area contributed by atoms with Crippen molar-refractivity contribution in [2.75, 3.05) is 13.6 Å². The number of nitrogens with one attached hydrogen (secondary N) is 2. The number of nitrogens with two attached hydrogens (primary N) is 1. The summed E-state index contributed by atoms with van der Waals surface area (Å²) in [5.74, 6) is 0. The summed E-state index contributed by atoms with van der Waals surface area (Å²) in [4.78, 5) is 15.4. The number of nitrogens with zero attached hydrogens (tertiary/aromatic N) is 1. The van der Waals surface area contributed by atoms with Crippen molar-refractivity contribution in [2.24, 2.45) is 10.7 Å². The van der Waals surface area contributed by atoms with Gasteiger partial charge in [0, 0.05) is 32.0 Å². The molecule has 0 radical (unpaired) electrons. The number of alkyl carbamates (subject to hydrolysis) is 1. The summed E-state index contributed by atoms with van der Waals surface area (Å²) in [6.45, 7) is 8.21. The van der Waals surface area contributed by atoms with Gasteiger partial charge in [-0.1, -0.05) is 13.3 Å². The third-order valence-electron chi connectivity index (χ3n) is 2.56. The molecule has 0 spiro atoms. The van der Waals surface area contributed by atoms with Crippen LogP contribution >= 0.6 is 0 Å². The van der Waals surface area contributed by atoms with E-state index in [1.165, 1.54) is 0 Å². The van der Waals surface area contributed by atoms with Crippen molar-refractivity contribution in [3.63, 3.8) is 0 Å². The van der Waals surface area contributed by atoms with Gasteiger partial charge in [0.2, 0.25) is 0 Å². The average Bonchev–Trinajstić information content (AvgIpc) is 2.34. The molecular formula is C15H30N4O2. The lowest BCUT2D eigenvalue weighted by Gasteiger charge is -2.21. The third kappa shape index (κ3) is 11.8. The van der Waals surface area contributed by atoms with Gasteiger partial charge in [0.1, 0.15) is 5.60 Å². The van der Waals surface area contributed by atoms with E-state index in [0.717, 1.165) is 19.3 Å². The van der Waals surface area contributed by atoms with E-state index in [2.05, 4.69) is 22.5 Å².